The zero-order valence-corrected chi connectivity index (χ0v) is 13.8. The van der Waals surface area contributed by atoms with Gasteiger partial charge in [0.2, 0.25) is 5.91 Å². The molecular formula is C16H13F3N6O2. The van der Waals surface area contributed by atoms with Crippen molar-refractivity contribution in [3.63, 3.8) is 0 Å². The zero-order chi connectivity index (χ0) is 19.2. The van der Waals surface area contributed by atoms with Crippen LogP contribution in [0.25, 0.3) is 16.9 Å². The van der Waals surface area contributed by atoms with Crippen molar-refractivity contribution in [2.75, 3.05) is 13.1 Å². The summed E-state index contributed by atoms with van der Waals surface area (Å²) in [5.41, 5.74) is 0.191. The Morgan fingerprint density at radius 1 is 1.15 bits per heavy atom. The number of hydrogen-bond donors (Lipinski definition) is 0. The second-order valence-electron chi connectivity index (χ2n) is 6.15. The van der Waals surface area contributed by atoms with E-state index in [1.54, 1.807) is 24.3 Å². The van der Waals surface area contributed by atoms with Gasteiger partial charge in [0.15, 0.2) is 11.2 Å². The maximum absolute atomic E-state index is 12.7. The van der Waals surface area contributed by atoms with E-state index < -0.39 is 30.2 Å². The van der Waals surface area contributed by atoms with Crippen LogP contribution in [0.4, 0.5) is 13.2 Å². The fourth-order valence-corrected chi connectivity index (χ4v) is 3.14. The van der Waals surface area contributed by atoms with Crippen LogP contribution in [0.15, 0.2) is 41.5 Å². The summed E-state index contributed by atoms with van der Waals surface area (Å²) in [6.07, 6.45) is -3.24. The molecule has 11 heteroatoms. The molecule has 0 unspecified atom stereocenters. The Hall–Kier alpha value is -3.24. The summed E-state index contributed by atoms with van der Waals surface area (Å²) < 4.78 is 40.1. The smallest absolute Gasteiger partial charge is 0.332 e. The Bertz CT molecular complexity index is 1060. The minimum absolute atomic E-state index is 0.0524. The minimum atomic E-state index is -4.49. The monoisotopic (exact) mass is 378 g/mol. The molecule has 1 amide bonds. The number of nitrogens with zero attached hydrogens (tertiary/aromatic N) is 6. The molecule has 1 fully saturated rings. The highest BCUT2D eigenvalue weighted by molar-refractivity contribution is 5.83. The van der Waals surface area contributed by atoms with Crippen molar-refractivity contribution in [2.24, 2.45) is 0 Å². The van der Waals surface area contributed by atoms with Crippen LogP contribution in [0.5, 0.6) is 0 Å². The molecule has 1 aliphatic rings. The lowest BCUT2D eigenvalue weighted by molar-refractivity contribution is -0.158. The quantitative estimate of drug-likeness (QED) is 0.686. The predicted octanol–water partition coefficient (Wildman–Crippen LogP) is 1.31. The lowest BCUT2D eigenvalue weighted by atomic mass is 10.2. The fraction of sp³-hybridized carbons (Fsp3) is 0.312. The lowest BCUT2D eigenvalue weighted by Gasteiger charge is -2.18. The number of carbonyl (C=O) groups excluding carboxylic acids is 1. The number of halogens is 3. The number of hydrogen-bond acceptors (Lipinski definition) is 5. The molecule has 0 bridgehead atoms. The standard InChI is InChI=1S/C16H13F3N6O2/c17-16(18,19)8-23-7-6-11(14(23)26)24-9-20-13-12(15(24)27)21-22-25(13)10-4-2-1-3-5-10/h1-5,9,11H,6-8H2/t11-/m0/s1. The summed E-state index contributed by atoms with van der Waals surface area (Å²) in [4.78, 5) is 29.9. The van der Waals surface area contributed by atoms with Crippen molar-refractivity contribution in [2.45, 2.75) is 18.6 Å². The van der Waals surface area contributed by atoms with E-state index in [9.17, 15) is 22.8 Å². The summed E-state index contributed by atoms with van der Waals surface area (Å²) in [6, 6.07) is 7.89. The first-order valence-corrected chi connectivity index (χ1v) is 8.09. The number of aromatic nitrogens is 5. The van der Waals surface area contributed by atoms with Crippen LogP contribution in [0.2, 0.25) is 0 Å². The van der Waals surface area contributed by atoms with Gasteiger partial charge in [0, 0.05) is 6.54 Å². The third-order valence-corrected chi connectivity index (χ3v) is 4.36. The molecule has 27 heavy (non-hydrogen) atoms. The first kappa shape index (κ1) is 17.2. The van der Waals surface area contributed by atoms with Crippen molar-refractivity contribution < 1.29 is 18.0 Å². The van der Waals surface area contributed by atoms with Gasteiger partial charge in [-0.3, -0.25) is 14.2 Å². The second kappa shape index (κ2) is 6.18. The number of para-hydroxylation sites is 1. The third-order valence-electron chi connectivity index (χ3n) is 4.36. The molecule has 1 saturated heterocycles. The van der Waals surface area contributed by atoms with Crippen LogP contribution in [0.1, 0.15) is 12.5 Å². The highest BCUT2D eigenvalue weighted by Gasteiger charge is 2.40. The summed E-state index contributed by atoms with van der Waals surface area (Å²) >= 11 is 0. The van der Waals surface area contributed by atoms with Crippen LogP contribution in [0, 0.1) is 0 Å². The average molecular weight is 378 g/mol. The number of carbonyl (C=O) groups is 1. The predicted molar refractivity (Wildman–Crippen MR) is 87.2 cm³/mol. The molecule has 1 aliphatic heterocycles. The normalized spacial score (nSPS) is 17.8. The van der Waals surface area contributed by atoms with Gasteiger partial charge < -0.3 is 4.90 Å². The van der Waals surface area contributed by atoms with E-state index in [-0.39, 0.29) is 24.1 Å². The Balaban J connectivity index is 1.70. The molecule has 3 aromatic rings. The number of fused-ring (bicyclic) bond motifs is 1. The van der Waals surface area contributed by atoms with Gasteiger partial charge in [-0.15, -0.1) is 5.10 Å². The molecule has 0 spiro atoms. The summed E-state index contributed by atoms with van der Waals surface area (Å²) in [6.45, 7) is -1.42. The molecule has 1 atom stereocenters. The molecule has 1 aromatic carbocycles. The van der Waals surface area contributed by atoms with Crippen LogP contribution < -0.4 is 5.56 Å². The van der Waals surface area contributed by atoms with Gasteiger partial charge in [-0.25, -0.2) is 4.98 Å². The van der Waals surface area contributed by atoms with E-state index in [4.69, 9.17) is 0 Å². The molecule has 4 rings (SSSR count). The van der Waals surface area contributed by atoms with Gasteiger partial charge in [-0.2, -0.15) is 17.9 Å². The molecule has 8 nitrogen and oxygen atoms in total. The van der Waals surface area contributed by atoms with Crippen LogP contribution in [0.3, 0.4) is 0 Å². The van der Waals surface area contributed by atoms with Gasteiger partial charge in [0.25, 0.3) is 5.56 Å². The van der Waals surface area contributed by atoms with Gasteiger partial charge in [0.1, 0.15) is 18.9 Å². The van der Waals surface area contributed by atoms with Crippen LogP contribution in [-0.2, 0) is 4.79 Å². The minimum Gasteiger partial charge on any atom is -0.332 e. The van der Waals surface area contributed by atoms with Crippen molar-refractivity contribution >= 4 is 17.1 Å². The molecular weight excluding hydrogens is 365 g/mol. The number of amides is 1. The SMILES string of the molecule is O=C1[C@@H](n2cnc3c(nnn3-c3ccccc3)c2=O)CCN1CC(F)(F)F. The fourth-order valence-electron chi connectivity index (χ4n) is 3.14. The Morgan fingerprint density at radius 2 is 1.89 bits per heavy atom. The van der Waals surface area contributed by atoms with E-state index in [2.05, 4.69) is 15.3 Å². The van der Waals surface area contributed by atoms with Gasteiger partial charge >= 0.3 is 6.18 Å². The van der Waals surface area contributed by atoms with Gasteiger partial charge in [-0.05, 0) is 18.6 Å². The first-order valence-electron chi connectivity index (χ1n) is 8.09. The Labute approximate surface area is 149 Å². The maximum Gasteiger partial charge on any atom is 0.406 e. The number of alkyl halides is 3. The lowest BCUT2D eigenvalue weighted by Crippen LogP contribution is -2.38. The number of benzene rings is 1. The van der Waals surface area contributed by atoms with Gasteiger partial charge in [-0.1, -0.05) is 23.4 Å². The summed E-state index contributed by atoms with van der Waals surface area (Å²) in [5, 5.41) is 7.77. The topological polar surface area (TPSA) is 85.9 Å². The largest absolute Gasteiger partial charge is 0.406 e. The van der Waals surface area contributed by atoms with Crippen molar-refractivity contribution in [3.8, 4) is 5.69 Å². The molecule has 0 saturated carbocycles. The molecule has 0 radical (unpaired) electrons. The van der Waals surface area contributed by atoms with Crippen LogP contribution >= 0.6 is 0 Å². The van der Waals surface area contributed by atoms with Crippen molar-refractivity contribution in [1.82, 2.24) is 29.4 Å². The summed E-state index contributed by atoms with van der Waals surface area (Å²) in [7, 11) is 0. The first-order chi connectivity index (χ1) is 12.8. The average Bonchev–Trinajstić information content (AvgIpc) is 3.20. The number of likely N-dealkylation sites (tertiary alicyclic amines) is 1. The van der Waals surface area contributed by atoms with Gasteiger partial charge in [0.05, 0.1) is 5.69 Å². The maximum atomic E-state index is 12.7. The number of rotatable bonds is 3. The van der Waals surface area contributed by atoms with E-state index >= 15 is 0 Å². The molecule has 2 aromatic heterocycles. The molecule has 140 valence electrons. The van der Waals surface area contributed by atoms with Crippen molar-refractivity contribution in [3.05, 3.63) is 47.0 Å². The Kier molecular flexibility index (Phi) is 3.93. The second-order valence-corrected chi connectivity index (χ2v) is 6.15. The van der Waals surface area contributed by atoms with E-state index in [1.165, 1.54) is 4.68 Å². The molecule has 0 aliphatic carbocycles. The summed E-state index contributed by atoms with van der Waals surface area (Å²) in [5.74, 6) is -0.758. The zero-order valence-electron chi connectivity index (χ0n) is 13.8. The van der Waals surface area contributed by atoms with E-state index in [1.807, 2.05) is 6.07 Å². The van der Waals surface area contributed by atoms with Crippen LogP contribution in [-0.4, -0.2) is 54.6 Å². The Morgan fingerprint density at radius 3 is 2.59 bits per heavy atom. The molecule has 0 N–H and O–H groups in total. The van der Waals surface area contributed by atoms with Crippen molar-refractivity contribution in [1.29, 1.82) is 0 Å². The van der Waals surface area contributed by atoms with E-state index in [0.717, 1.165) is 10.9 Å². The molecule has 3 heterocycles. The third kappa shape index (κ3) is 3.04. The highest BCUT2D eigenvalue weighted by Crippen LogP contribution is 2.26. The highest BCUT2D eigenvalue weighted by atomic mass is 19.4. The van der Waals surface area contributed by atoms with E-state index in [0.29, 0.717) is 10.6 Å².